The summed E-state index contributed by atoms with van der Waals surface area (Å²) >= 11 is 0. The molecular formula is C22H24F2N2O2. The van der Waals surface area contributed by atoms with Crippen LogP contribution in [0.4, 0.5) is 8.78 Å². The zero-order valence-electron chi connectivity index (χ0n) is 15.6. The van der Waals surface area contributed by atoms with Crippen LogP contribution in [0.3, 0.4) is 0 Å². The lowest BCUT2D eigenvalue weighted by Crippen LogP contribution is -2.53. The van der Waals surface area contributed by atoms with Crippen LogP contribution in [0.25, 0.3) is 0 Å². The van der Waals surface area contributed by atoms with Crippen molar-refractivity contribution in [2.75, 3.05) is 0 Å². The molecule has 0 radical (unpaired) electrons. The van der Waals surface area contributed by atoms with E-state index in [9.17, 15) is 18.4 Å². The van der Waals surface area contributed by atoms with E-state index in [0.29, 0.717) is 0 Å². The number of hydrogen-bond donors (Lipinski definition) is 2. The molecule has 2 amide bonds. The van der Waals surface area contributed by atoms with Crippen molar-refractivity contribution in [1.29, 1.82) is 0 Å². The van der Waals surface area contributed by atoms with E-state index >= 15 is 0 Å². The second kappa shape index (κ2) is 9.44. The van der Waals surface area contributed by atoms with Gasteiger partial charge in [-0.3, -0.25) is 9.59 Å². The molecule has 2 N–H and O–H groups in total. The van der Waals surface area contributed by atoms with Crippen LogP contribution in [0, 0.1) is 11.6 Å². The summed E-state index contributed by atoms with van der Waals surface area (Å²) in [7, 11) is 0. The summed E-state index contributed by atoms with van der Waals surface area (Å²) in [6.45, 7) is 0. The quantitative estimate of drug-likeness (QED) is 0.800. The van der Waals surface area contributed by atoms with E-state index in [-0.39, 0.29) is 48.4 Å². The second-order valence-corrected chi connectivity index (χ2v) is 7.24. The summed E-state index contributed by atoms with van der Waals surface area (Å²) in [6.07, 6.45) is 3.94. The molecule has 1 saturated carbocycles. The highest BCUT2D eigenvalue weighted by Gasteiger charge is 2.27. The Bertz CT molecular complexity index is 737. The fourth-order valence-electron chi connectivity index (χ4n) is 3.57. The smallest absolute Gasteiger partial charge is 0.224 e. The minimum Gasteiger partial charge on any atom is -0.351 e. The number of halogens is 2. The molecule has 2 atom stereocenters. The predicted molar refractivity (Wildman–Crippen MR) is 103 cm³/mol. The third-order valence-corrected chi connectivity index (χ3v) is 5.01. The van der Waals surface area contributed by atoms with Crippen LogP contribution in [0.2, 0.25) is 0 Å². The molecule has 0 aliphatic heterocycles. The van der Waals surface area contributed by atoms with E-state index in [0.717, 1.165) is 36.8 Å². The van der Waals surface area contributed by atoms with Crippen LogP contribution < -0.4 is 10.6 Å². The van der Waals surface area contributed by atoms with E-state index < -0.39 is 0 Å². The molecule has 0 unspecified atom stereocenters. The molecule has 0 saturated heterocycles. The van der Waals surface area contributed by atoms with Gasteiger partial charge in [0.1, 0.15) is 11.6 Å². The van der Waals surface area contributed by atoms with Crippen LogP contribution in [-0.4, -0.2) is 23.9 Å². The first-order chi connectivity index (χ1) is 13.5. The van der Waals surface area contributed by atoms with E-state index in [1.807, 2.05) is 0 Å². The van der Waals surface area contributed by atoms with Gasteiger partial charge in [0.25, 0.3) is 0 Å². The summed E-state index contributed by atoms with van der Waals surface area (Å²) in [5.41, 5.74) is 1.48. The van der Waals surface area contributed by atoms with Crippen molar-refractivity contribution in [3.05, 3.63) is 71.3 Å². The van der Waals surface area contributed by atoms with Crippen molar-refractivity contribution in [3.8, 4) is 0 Å². The third-order valence-electron chi connectivity index (χ3n) is 5.01. The number of carbonyl (C=O) groups is 2. The van der Waals surface area contributed by atoms with Crippen LogP contribution in [0.5, 0.6) is 0 Å². The maximum atomic E-state index is 13.0. The van der Waals surface area contributed by atoms with E-state index in [1.54, 1.807) is 24.3 Å². The Morgan fingerprint density at radius 3 is 1.43 bits per heavy atom. The highest BCUT2D eigenvalue weighted by atomic mass is 19.1. The van der Waals surface area contributed by atoms with Crippen molar-refractivity contribution in [2.24, 2.45) is 0 Å². The summed E-state index contributed by atoms with van der Waals surface area (Å²) < 4.78 is 26.0. The van der Waals surface area contributed by atoms with Gasteiger partial charge in [-0.25, -0.2) is 8.78 Å². The van der Waals surface area contributed by atoms with Crippen molar-refractivity contribution in [2.45, 2.75) is 50.6 Å². The molecule has 4 nitrogen and oxygen atoms in total. The Hall–Kier alpha value is -2.76. The number of nitrogens with one attached hydrogen (secondary N) is 2. The third kappa shape index (κ3) is 5.87. The lowest BCUT2D eigenvalue weighted by molar-refractivity contribution is -0.124. The van der Waals surface area contributed by atoms with Gasteiger partial charge in [0.2, 0.25) is 11.8 Å². The lowest BCUT2D eigenvalue weighted by atomic mass is 9.89. The fourth-order valence-corrected chi connectivity index (χ4v) is 3.57. The van der Waals surface area contributed by atoms with E-state index in [2.05, 4.69) is 10.6 Å². The Kier molecular flexibility index (Phi) is 6.74. The van der Waals surface area contributed by atoms with Gasteiger partial charge in [-0.2, -0.15) is 0 Å². The molecule has 1 fully saturated rings. The van der Waals surface area contributed by atoms with Gasteiger partial charge in [0, 0.05) is 12.1 Å². The molecule has 6 heteroatoms. The highest BCUT2D eigenvalue weighted by molar-refractivity contribution is 5.80. The van der Waals surface area contributed by atoms with Crippen LogP contribution >= 0.6 is 0 Å². The van der Waals surface area contributed by atoms with Crippen LogP contribution in [-0.2, 0) is 22.4 Å². The molecule has 0 bridgehead atoms. The minimum absolute atomic E-state index is 0.126. The Morgan fingerprint density at radius 1 is 0.714 bits per heavy atom. The maximum absolute atomic E-state index is 13.0. The van der Waals surface area contributed by atoms with Crippen LogP contribution in [0.15, 0.2) is 48.5 Å². The molecule has 1 aliphatic rings. The standard InChI is InChI=1S/C22H24F2N2O2/c23-17-9-5-15(6-10-17)13-21(27)25-19-3-1-2-4-20(19)26-22(28)14-16-7-11-18(24)12-8-16/h5-12,19-20H,1-4,13-14H2,(H,25,27)(H,26,28)/t19-,20-/m1/s1. The number of carbonyl (C=O) groups excluding carboxylic acids is 2. The highest BCUT2D eigenvalue weighted by Crippen LogP contribution is 2.19. The predicted octanol–water partition coefficient (Wildman–Crippen LogP) is 3.29. The zero-order chi connectivity index (χ0) is 19.9. The largest absolute Gasteiger partial charge is 0.351 e. The lowest BCUT2D eigenvalue weighted by Gasteiger charge is -2.33. The molecule has 148 valence electrons. The Labute approximate surface area is 163 Å². The van der Waals surface area contributed by atoms with Crippen molar-refractivity contribution in [3.63, 3.8) is 0 Å². The average Bonchev–Trinajstić information content (AvgIpc) is 2.67. The minimum atomic E-state index is -0.333. The molecule has 28 heavy (non-hydrogen) atoms. The molecule has 0 heterocycles. The molecule has 2 aromatic carbocycles. The average molecular weight is 386 g/mol. The maximum Gasteiger partial charge on any atom is 0.224 e. The number of hydrogen-bond acceptors (Lipinski definition) is 2. The molecule has 1 aliphatic carbocycles. The monoisotopic (exact) mass is 386 g/mol. The first kappa shape index (κ1) is 20.0. The summed E-state index contributed by atoms with van der Waals surface area (Å²) in [5.74, 6) is -0.951. The molecule has 3 rings (SSSR count). The summed E-state index contributed by atoms with van der Waals surface area (Å²) in [5, 5.41) is 6.02. The number of amides is 2. The molecular weight excluding hydrogens is 362 g/mol. The van der Waals surface area contributed by atoms with Gasteiger partial charge in [-0.1, -0.05) is 37.1 Å². The first-order valence-corrected chi connectivity index (χ1v) is 9.57. The molecule has 2 aromatic rings. The molecule has 0 aromatic heterocycles. The topological polar surface area (TPSA) is 58.2 Å². The fraction of sp³-hybridized carbons (Fsp3) is 0.364. The first-order valence-electron chi connectivity index (χ1n) is 9.57. The van der Waals surface area contributed by atoms with E-state index in [1.165, 1.54) is 24.3 Å². The SMILES string of the molecule is O=C(Cc1ccc(F)cc1)N[C@@H]1CCCC[C@H]1NC(=O)Cc1ccc(F)cc1. The Balaban J connectivity index is 1.54. The van der Waals surface area contributed by atoms with Gasteiger partial charge in [0.05, 0.1) is 12.8 Å². The van der Waals surface area contributed by atoms with Crippen LogP contribution in [0.1, 0.15) is 36.8 Å². The van der Waals surface area contributed by atoms with Gasteiger partial charge in [-0.05, 0) is 48.2 Å². The second-order valence-electron chi connectivity index (χ2n) is 7.24. The van der Waals surface area contributed by atoms with Gasteiger partial charge in [-0.15, -0.1) is 0 Å². The number of rotatable bonds is 6. The summed E-state index contributed by atoms with van der Waals surface area (Å²) in [6, 6.07) is 11.5. The number of benzene rings is 2. The Morgan fingerprint density at radius 2 is 1.07 bits per heavy atom. The summed E-state index contributed by atoms with van der Waals surface area (Å²) in [4.78, 5) is 24.7. The van der Waals surface area contributed by atoms with Gasteiger partial charge >= 0.3 is 0 Å². The van der Waals surface area contributed by atoms with Gasteiger partial charge in [0.15, 0.2) is 0 Å². The van der Waals surface area contributed by atoms with Crippen molar-refractivity contribution in [1.82, 2.24) is 10.6 Å². The zero-order valence-corrected chi connectivity index (χ0v) is 15.6. The molecule has 0 spiro atoms. The van der Waals surface area contributed by atoms with Crippen molar-refractivity contribution < 1.29 is 18.4 Å². The normalized spacial score (nSPS) is 19.1. The van der Waals surface area contributed by atoms with E-state index in [4.69, 9.17) is 0 Å². The van der Waals surface area contributed by atoms with Crippen molar-refractivity contribution >= 4 is 11.8 Å². The van der Waals surface area contributed by atoms with Gasteiger partial charge < -0.3 is 10.6 Å².